The SMILES string of the molecule is Cc1ccc(C2=CC3=[N+]4C2=C(F)c2cc(-c5ccc(C)s5)c5n2C42n4c(cc(-c6ccc(C)s6)c4=C3F)=C(F)C3=[N+]2C(=C5F)C=C3c2ccc(C(F)(F)F)s2)s1. The number of aryl methyl sites for hydroxylation is 3. The monoisotopic (exact) mass is 830 g/mol. The summed E-state index contributed by atoms with van der Waals surface area (Å²) in [4.78, 5) is 3.93. The molecule has 0 radical (unpaired) electrons. The summed E-state index contributed by atoms with van der Waals surface area (Å²) in [5.41, 5.74) is 0.849. The summed E-state index contributed by atoms with van der Waals surface area (Å²) in [6.45, 7) is 5.72. The number of aromatic nitrogens is 2. The van der Waals surface area contributed by atoms with E-state index in [1.807, 2.05) is 57.2 Å². The molecule has 276 valence electrons. The van der Waals surface area contributed by atoms with Crippen molar-refractivity contribution in [3.63, 3.8) is 0 Å². The third-order valence-corrected chi connectivity index (χ3v) is 15.4. The van der Waals surface area contributed by atoms with Crippen molar-refractivity contribution in [2.24, 2.45) is 0 Å². The standard InChI is InChI=1S/C41H21F7N4S4/c1-16-4-7-27(53-16)19-12-23-33(43)37-21(29-9-6-18(3)55-29)14-25-35(45)39-22(30-10-11-31(56-30)40(46,47)48)15-26-34(44)38-20(28-8-5-17(2)54-28)13-24-32(42)36(19)49(23)41(50(24)38,51(25)37)52(26)39/h4-15H,1-3H3/q+2. The average Bonchev–Trinajstić information content (AvgIpc) is 4.00. The highest BCUT2D eigenvalue weighted by atomic mass is 32.1. The van der Waals surface area contributed by atoms with Crippen LogP contribution in [0, 0.1) is 20.8 Å². The summed E-state index contributed by atoms with van der Waals surface area (Å²) in [6.07, 6.45) is -1.70. The molecule has 0 aromatic carbocycles. The lowest BCUT2D eigenvalue weighted by Gasteiger charge is -2.38. The first kappa shape index (κ1) is 33.1. The van der Waals surface area contributed by atoms with Crippen LogP contribution in [0.15, 0.2) is 84.2 Å². The summed E-state index contributed by atoms with van der Waals surface area (Å²) in [5, 5.41) is -0.0571. The Bertz CT molecular complexity index is 3270. The van der Waals surface area contributed by atoms with Crippen molar-refractivity contribution < 1.29 is 39.9 Å². The van der Waals surface area contributed by atoms with Gasteiger partial charge in [0.15, 0.2) is 0 Å². The van der Waals surface area contributed by atoms with E-state index < -0.39 is 40.3 Å². The Morgan fingerprint density at radius 2 is 1.23 bits per heavy atom. The molecule has 15 heteroatoms. The first-order chi connectivity index (χ1) is 26.8. The summed E-state index contributed by atoms with van der Waals surface area (Å²) in [7, 11) is 0. The molecule has 4 nitrogen and oxygen atoms in total. The molecule has 1 atom stereocenters. The van der Waals surface area contributed by atoms with Crippen LogP contribution in [0.4, 0.5) is 30.7 Å². The minimum absolute atomic E-state index is 0.00560. The zero-order valence-electron chi connectivity index (χ0n) is 29.0. The van der Waals surface area contributed by atoms with Crippen molar-refractivity contribution in [3.8, 4) is 20.9 Å². The Morgan fingerprint density at radius 1 is 0.607 bits per heavy atom. The number of hydrogen-bond donors (Lipinski definition) is 0. The van der Waals surface area contributed by atoms with Gasteiger partial charge in [-0.15, -0.1) is 45.3 Å². The second kappa shape index (κ2) is 10.4. The third kappa shape index (κ3) is 3.75. The molecule has 6 aliphatic heterocycles. The first-order valence-electron chi connectivity index (χ1n) is 17.3. The molecule has 0 N–H and O–H groups in total. The fraction of sp³-hybridized carbons (Fsp3) is 0.122. The molecule has 0 fully saturated rings. The number of alkyl halides is 3. The Labute approximate surface area is 328 Å². The molecule has 0 saturated carbocycles. The molecule has 0 amide bonds. The highest BCUT2D eigenvalue weighted by Crippen LogP contribution is 2.58. The van der Waals surface area contributed by atoms with Gasteiger partial charge in [-0.2, -0.15) is 39.9 Å². The van der Waals surface area contributed by atoms with Crippen LogP contribution >= 0.6 is 45.3 Å². The van der Waals surface area contributed by atoms with Crippen LogP contribution in [0.25, 0.3) is 55.3 Å². The number of nitrogens with zero attached hydrogens (tertiary/aromatic N) is 4. The lowest BCUT2D eigenvalue weighted by molar-refractivity contribution is -0.834. The third-order valence-electron chi connectivity index (χ3n) is 11.1. The van der Waals surface area contributed by atoms with Crippen molar-refractivity contribution in [1.82, 2.24) is 9.13 Å². The zero-order valence-corrected chi connectivity index (χ0v) is 32.3. The van der Waals surface area contributed by atoms with Gasteiger partial charge in [-0.05, 0) is 81.4 Å². The molecule has 1 unspecified atom stereocenters. The first-order valence-corrected chi connectivity index (χ1v) is 20.6. The summed E-state index contributed by atoms with van der Waals surface area (Å²) >= 11 is 4.61. The summed E-state index contributed by atoms with van der Waals surface area (Å²) in [5.74, 6) is -5.10. The van der Waals surface area contributed by atoms with E-state index in [4.69, 9.17) is 0 Å². The quantitative estimate of drug-likeness (QED) is 0.124. The molecule has 6 aromatic heterocycles. The molecule has 12 heterocycles. The van der Waals surface area contributed by atoms with Crippen LogP contribution in [-0.2, 0) is 12.1 Å². The Kier molecular flexibility index (Phi) is 6.17. The molecule has 6 aliphatic rings. The van der Waals surface area contributed by atoms with Gasteiger partial charge in [-0.3, -0.25) is 0 Å². The van der Waals surface area contributed by atoms with E-state index in [-0.39, 0.29) is 55.4 Å². The maximum Gasteiger partial charge on any atom is 0.554 e. The second-order valence-electron chi connectivity index (χ2n) is 14.3. The van der Waals surface area contributed by atoms with Gasteiger partial charge in [-0.1, -0.05) is 9.15 Å². The molecule has 0 aliphatic carbocycles. The van der Waals surface area contributed by atoms with Gasteiger partial charge in [0.2, 0.25) is 23.3 Å². The Morgan fingerprint density at radius 3 is 1.86 bits per heavy atom. The van der Waals surface area contributed by atoms with E-state index in [9.17, 15) is 13.2 Å². The van der Waals surface area contributed by atoms with Crippen LogP contribution in [0.3, 0.4) is 0 Å². The van der Waals surface area contributed by atoms with E-state index in [1.54, 1.807) is 18.2 Å². The van der Waals surface area contributed by atoms with Crippen LogP contribution in [0.2, 0.25) is 0 Å². The van der Waals surface area contributed by atoms with Gasteiger partial charge in [0.05, 0.1) is 11.1 Å². The molecule has 1 spiro atoms. The van der Waals surface area contributed by atoms with Gasteiger partial charge in [0.25, 0.3) is 22.8 Å². The number of rotatable bonds is 4. The fourth-order valence-electron chi connectivity index (χ4n) is 9.01. The normalized spacial score (nSPS) is 20.2. The smallest absolute Gasteiger partial charge is 0.197 e. The van der Waals surface area contributed by atoms with E-state index in [0.29, 0.717) is 42.7 Å². The van der Waals surface area contributed by atoms with Crippen LogP contribution < -0.4 is 10.7 Å². The molecular formula is C41H21F7N4S4+2. The lowest BCUT2D eigenvalue weighted by Crippen LogP contribution is -2.71. The van der Waals surface area contributed by atoms with Gasteiger partial charge in [-0.25, -0.2) is 0 Å². The van der Waals surface area contributed by atoms with E-state index in [0.717, 1.165) is 20.7 Å². The van der Waals surface area contributed by atoms with E-state index in [1.165, 1.54) is 64.4 Å². The van der Waals surface area contributed by atoms with Crippen LogP contribution in [-0.4, -0.2) is 29.7 Å². The predicted octanol–water partition coefficient (Wildman–Crippen LogP) is 10.5. The molecule has 12 rings (SSSR count). The van der Waals surface area contributed by atoms with E-state index >= 15 is 17.6 Å². The average molecular weight is 831 g/mol. The van der Waals surface area contributed by atoms with Crippen molar-refractivity contribution in [3.05, 3.63) is 136 Å². The largest absolute Gasteiger partial charge is 0.554 e. The minimum Gasteiger partial charge on any atom is -0.197 e. The van der Waals surface area contributed by atoms with Gasteiger partial charge in [0.1, 0.15) is 27.0 Å². The maximum atomic E-state index is 17.8. The Balaban J connectivity index is 1.31. The Hall–Kier alpha value is -5.09. The van der Waals surface area contributed by atoms with Gasteiger partial charge < -0.3 is 0 Å². The maximum absolute atomic E-state index is 17.8. The number of allylic oxidation sites excluding steroid dienone is 4. The van der Waals surface area contributed by atoms with Crippen molar-refractivity contribution in [2.45, 2.75) is 32.9 Å². The van der Waals surface area contributed by atoms with E-state index in [2.05, 4.69) is 0 Å². The summed E-state index contributed by atoms with van der Waals surface area (Å²) in [6, 6.07) is 16.5. The molecule has 0 saturated heterocycles. The number of thiophene rings is 4. The lowest BCUT2D eigenvalue weighted by atomic mass is 10.1. The second-order valence-corrected chi connectivity index (χ2v) is 19.2. The van der Waals surface area contributed by atoms with Crippen molar-refractivity contribution in [2.75, 3.05) is 0 Å². The summed E-state index contributed by atoms with van der Waals surface area (Å²) < 4.78 is 119. The predicted molar refractivity (Wildman–Crippen MR) is 208 cm³/mol. The highest BCUT2D eigenvalue weighted by Gasteiger charge is 2.76. The molecule has 56 heavy (non-hydrogen) atoms. The number of hydrogen-bond acceptors (Lipinski definition) is 4. The van der Waals surface area contributed by atoms with Gasteiger partial charge in [0, 0.05) is 57.4 Å². The minimum atomic E-state index is -4.67. The van der Waals surface area contributed by atoms with Crippen LogP contribution in [0.5, 0.6) is 0 Å². The molecular weight excluding hydrogens is 810 g/mol. The molecule has 6 aromatic rings. The highest BCUT2D eigenvalue weighted by molar-refractivity contribution is 7.16. The van der Waals surface area contributed by atoms with Crippen LogP contribution in [0.1, 0.15) is 40.7 Å². The van der Waals surface area contributed by atoms with Crippen molar-refractivity contribution >= 4 is 91.2 Å². The molecule has 0 bridgehead atoms. The van der Waals surface area contributed by atoms with Crippen molar-refractivity contribution in [1.29, 1.82) is 0 Å². The van der Waals surface area contributed by atoms with Gasteiger partial charge >= 0.3 is 12.1 Å². The number of halogens is 7. The zero-order chi connectivity index (χ0) is 38.5. The fourth-order valence-corrected chi connectivity index (χ4v) is 12.6. The topological polar surface area (TPSA) is 15.9 Å².